The fourth-order valence-electron chi connectivity index (χ4n) is 5.43. The number of morpholine rings is 1. The first-order valence-corrected chi connectivity index (χ1v) is 12.9. The summed E-state index contributed by atoms with van der Waals surface area (Å²) in [5.41, 5.74) is 4.84. The van der Waals surface area contributed by atoms with Gasteiger partial charge in [-0.25, -0.2) is 4.39 Å². The number of hydrogen-bond acceptors (Lipinski definition) is 6. The molecule has 4 heterocycles. The topological polar surface area (TPSA) is 91.5 Å². The Morgan fingerprint density at radius 2 is 2.19 bits per heavy atom. The Balaban J connectivity index is 1.44. The van der Waals surface area contributed by atoms with Crippen LogP contribution in [0, 0.1) is 5.82 Å². The number of aromatic amines is 1. The fraction of sp³-hybridized carbons (Fsp3) is 0.429. The van der Waals surface area contributed by atoms with Crippen molar-refractivity contribution in [2.24, 2.45) is 0 Å². The van der Waals surface area contributed by atoms with Crippen LogP contribution in [0.25, 0.3) is 11.3 Å². The predicted molar refractivity (Wildman–Crippen MR) is 139 cm³/mol. The van der Waals surface area contributed by atoms with Gasteiger partial charge in [-0.3, -0.25) is 14.7 Å². The number of nitrogens with zero attached hydrogens (tertiary/aromatic N) is 2. The molecule has 1 amide bonds. The first kappa shape index (κ1) is 23.9. The molecule has 0 radical (unpaired) electrons. The van der Waals surface area contributed by atoms with Crippen LogP contribution < -0.4 is 15.4 Å². The number of rotatable bonds is 7. The molecule has 9 heteroatoms. The zero-order valence-electron chi connectivity index (χ0n) is 21.2. The summed E-state index contributed by atoms with van der Waals surface area (Å²) in [5, 5.41) is 6.51. The van der Waals surface area contributed by atoms with E-state index in [2.05, 4.69) is 32.5 Å². The summed E-state index contributed by atoms with van der Waals surface area (Å²) in [4.78, 5) is 23.4. The number of likely N-dealkylation sites (N-methyl/N-ethyl adjacent to an activating group) is 1. The predicted octanol–water partition coefficient (Wildman–Crippen LogP) is 4.01. The SMILES string of the molecule is CCc1c(F)cccc1Nc1c(-c2ccncc2OC[C@@H]2COCCN2C)[nH]c2c1C(=O)NCC21CC1. The van der Waals surface area contributed by atoms with Gasteiger partial charge in [0.1, 0.15) is 18.2 Å². The van der Waals surface area contributed by atoms with Crippen molar-refractivity contribution in [3.05, 3.63) is 59.3 Å². The molecule has 1 saturated carbocycles. The molecule has 194 valence electrons. The van der Waals surface area contributed by atoms with Crippen LogP contribution in [0.3, 0.4) is 0 Å². The Morgan fingerprint density at radius 3 is 2.97 bits per heavy atom. The largest absolute Gasteiger partial charge is 0.490 e. The summed E-state index contributed by atoms with van der Waals surface area (Å²) >= 11 is 0. The summed E-state index contributed by atoms with van der Waals surface area (Å²) in [7, 11) is 2.07. The summed E-state index contributed by atoms with van der Waals surface area (Å²) in [6, 6.07) is 7.02. The van der Waals surface area contributed by atoms with E-state index in [0.29, 0.717) is 54.4 Å². The highest BCUT2D eigenvalue weighted by molar-refractivity contribution is 6.07. The maximum absolute atomic E-state index is 14.7. The molecule has 1 atom stereocenters. The quantitative estimate of drug-likeness (QED) is 0.450. The van der Waals surface area contributed by atoms with Crippen molar-refractivity contribution in [2.45, 2.75) is 37.6 Å². The lowest BCUT2D eigenvalue weighted by Crippen LogP contribution is -2.46. The van der Waals surface area contributed by atoms with E-state index in [-0.39, 0.29) is 23.2 Å². The zero-order chi connectivity index (χ0) is 25.6. The molecule has 3 aromatic rings. The fourth-order valence-corrected chi connectivity index (χ4v) is 5.43. The molecule has 37 heavy (non-hydrogen) atoms. The number of nitrogens with one attached hydrogen (secondary N) is 3. The number of amides is 1. The summed E-state index contributed by atoms with van der Waals surface area (Å²) in [6.45, 7) is 5.17. The van der Waals surface area contributed by atoms with Gasteiger partial charge < -0.3 is 25.1 Å². The molecular formula is C28H32FN5O3. The van der Waals surface area contributed by atoms with E-state index in [1.807, 2.05) is 19.1 Å². The standard InChI is InChI=1S/C28H32FN5O3/c1-3-18-20(29)5-4-6-21(18)32-25-23-26(28(8-9-28)16-31-27(23)35)33-24(25)19-7-10-30-13-22(19)37-15-17-14-36-12-11-34(17)2/h4-7,10,13,17,32-33H,3,8-9,11-12,14-16H2,1-2H3,(H,31,35)/t17-/m0/s1. The Kier molecular flexibility index (Phi) is 6.12. The molecule has 1 spiro atoms. The smallest absolute Gasteiger partial charge is 0.255 e. The second-order valence-corrected chi connectivity index (χ2v) is 10.2. The van der Waals surface area contributed by atoms with Crippen LogP contribution in [-0.2, 0) is 16.6 Å². The molecule has 0 unspecified atom stereocenters. The molecule has 0 bridgehead atoms. The molecule has 2 aliphatic heterocycles. The van der Waals surface area contributed by atoms with Crippen molar-refractivity contribution in [3.63, 3.8) is 0 Å². The van der Waals surface area contributed by atoms with Crippen LogP contribution in [0.4, 0.5) is 15.8 Å². The van der Waals surface area contributed by atoms with Crippen LogP contribution >= 0.6 is 0 Å². The first-order valence-electron chi connectivity index (χ1n) is 12.9. The van der Waals surface area contributed by atoms with Crippen molar-refractivity contribution in [2.75, 3.05) is 45.3 Å². The van der Waals surface area contributed by atoms with Crippen LogP contribution in [0.5, 0.6) is 5.75 Å². The maximum atomic E-state index is 14.7. The average Bonchev–Trinajstić information content (AvgIpc) is 3.59. The molecule has 6 rings (SSSR count). The Hall–Kier alpha value is -3.43. The minimum atomic E-state index is -0.270. The van der Waals surface area contributed by atoms with E-state index in [9.17, 15) is 9.18 Å². The molecule has 3 aliphatic rings. The van der Waals surface area contributed by atoms with E-state index in [1.54, 1.807) is 18.5 Å². The highest BCUT2D eigenvalue weighted by Gasteiger charge is 2.51. The van der Waals surface area contributed by atoms with E-state index in [0.717, 1.165) is 42.9 Å². The van der Waals surface area contributed by atoms with Crippen molar-refractivity contribution >= 4 is 17.3 Å². The van der Waals surface area contributed by atoms with Gasteiger partial charge in [-0.1, -0.05) is 13.0 Å². The van der Waals surface area contributed by atoms with Gasteiger partial charge in [0.25, 0.3) is 5.91 Å². The number of aromatic nitrogens is 2. The molecule has 3 N–H and O–H groups in total. The number of H-pyrrole nitrogens is 1. The van der Waals surface area contributed by atoms with Crippen molar-refractivity contribution in [3.8, 4) is 17.0 Å². The lowest BCUT2D eigenvalue weighted by molar-refractivity contribution is -0.0107. The van der Waals surface area contributed by atoms with Crippen LogP contribution in [0.2, 0.25) is 0 Å². The third-order valence-corrected chi connectivity index (χ3v) is 7.94. The highest BCUT2D eigenvalue weighted by atomic mass is 19.1. The first-order chi connectivity index (χ1) is 18.0. The van der Waals surface area contributed by atoms with Gasteiger partial charge in [0.15, 0.2) is 0 Å². The van der Waals surface area contributed by atoms with Crippen LogP contribution in [-0.4, -0.2) is 66.8 Å². The number of pyridine rings is 1. The van der Waals surface area contributed by atoms with Crippen molar-refractivity contribution in [1.82, 2.24) is 20.2 Å². The lowest BCUT2D eigenvalue weighted by Gasteiger charge is -2.32. The normalized spacial score (nSPS) is 20.4. The summed E-state index contributed by atoms with van der Waals surface area (Å²) in [6.07, 6.45) is 5.96. The van der Waals surface area contributed by atoms with E-state index in [1.165, 1.54) is 6.07 Å². The van der Waals surface area contributed by atoms with Crippen molar-refractivity contribution in [1.29, 1.82) is 0 Å². The Labute approximate surface area is 215 Å². The highest BCUT2D eigenvalue weighted by Crippen LogP contribution is 2.54. The minimum absolute atomic E-state index is 0.0797. The Bertz CT molecular complexity index is 1340. The molecule has 2 aromatic heterocycles. The van der Waals surface area contributed by atoms with Gasteiger partial charge in [-0.05, 0) is 44.5 Å². The number of ether oxygens (including phenoxy) is 2. The number of anilines is 2. The monoisotopic (exact) mass is 505 g/mol. The molecule has 1 saturated heterocycles. The van der Waals surface area contributed by atoms with Gasteiger partial charge in [-0.2, -0.15) is 0 Å². The molecule has 1 aliphatic carbocycles. The second kappa shape index (κ2) is 9.46. The third kappa shape index (κ3) is 4.26. The second-order valence-electron chi connectivity index (χ2n) is 10.2. The van der Waals surface area contributed by atoms with Crippen LogP contribution in [0.1, 0.15) is 41.4 Å². The molecule has 2 fully saturated rings. The van der Waals surface area contributed by atoms with Gasteiger partial charge in [0, 0.05) is 47.2 Å². The van der Waals surface area contributed by atoms with Gasteiger partial charge in [0.05, 0.1) is 42.4 Å². The Morgan fingerprint density at radius 1 is 1.32 bits per heavy atom. The molecule has 8 nitrogen and oxygen atoms in total. The molecular weight excluding hydrogens is 473 g/mol. The maximum Gasteiger partial charge on any atom is 0.255 e. The summed E-state index contributed by atoms with van der Waals surface area (Å²) < 4.78 is 26.6. The van der Waals surface area contributed by atoms with Crippen LogP contribution in [0.15, 0.2) is 36.7 Å². The number of carbonyl (C=O) groups is 1. The number of benzene rings is 1. The zero-order valence-corrected chi connectivity index (χ0v) is 21.2. The van der Waals surface area contributed by atoms with E-state index < -0.39 is 0 Å². The molecule has 1 aromatic carbocycles. The van der Waals surface area contributed by atoms with E-state index >= 15 is 0 Å². The minimum Gasteiger partial charge on any atom is -0.490 e. The van der Waals surface area contributed by atoms with Gasteiger partial charge >= 0.3 is 0 Å². The lowest BCUT2D eigenvalue weighted by atomic mass is 9.93. The number of hydrogen-bond donors (Lipinski definition) is 3. The van der Waals surface area contributed by atoms with Gasteiger partial charge in [0.2, 0.25) is 0 Å². The van der Waals surface area contributed by atoms with Gasteiger partial charge in [-0.15, -0.1) is 0 Å². The average molecular weight is 506 g/mol. The summed E-state index contributed by atoms with van der Waals surface area (Å²) in [5.74, 6) is 0.209. The number of halogens is 1. The van der Waals surface area contributed by atoms with E-state index in [4.69, 9.17) is 9.47 Å². The third-order valence-electron chi connectivity index (χ3n) is 7.94. The number of fused-ring (bicyclic) bond motifs is 2. The van der Waals surface area contributed by atoms with Crippen molar-refractivity contribution < 1.29 is 18.7 Å². The number of carbonyl (C=O) groups excluding carboxylic acids is 1.